The van der Waals surface area contributed by atoms with Crippen LogP contribution in [0.2, 0.25) is 0 Å². The molecule has 1 aliphatic heterocycles. The van der Waals surface area contributed by atoms with Crippen molar-refractivity contribution in [1.82, 2.24) is 10.2 Å². The van der Waals surface area contributed by atoms with E-state index in [1.807, 2.05) is 0 Å². The molecule has 1 heterocycles. The lowest BCUT2D eigenvalue weighted by atomic mass is 10.1. The fourth-order valence-electron chi connectivity index (χ4n) is 3.23. The Hall–Kier alpha value is -2.93. The number of anilines is 2. The Balaban J connectivity index is 1.37. The van der Waals surface area contributed by atoms with Crippen molar-refractivity contribution in [3.63, 3.8) is 0 Å². The number of benzene rings is 2. The summed E-state index contributed by atoms with van der Waals surface area (Å²) in [6, 6.07) is 13.8. The van der Waals surface area contributed by atoms with Gasteiger partial charge in [0, 0.05) is 44.1 Å². The molecule has 0 atom stereocenters. The number of carbonyl (C=O) groups excluding carboxylic acids is 2. The van der Waals surface area contributed by atoms with Crippen molar-refractivity contribution in [2.45, 2.75) is 12.8 Å². The molecule has 0 radical (unpaired) electrons. The maximum Gasteiger partial charge on any atom is 0.313 e. The molecule has 0 unspecified atom stereocenters. The van der Waals surface area contributed by atoms with E-state index in [0.717, 1.165) is 39.0 Å². The molecule has 0 saturated carbocycles. The number of aryl methyl sites for hydroxylation is 1. The molecular weight excluding hydrogens is 371 g/mol. The molecule has 7 heteroatoms. The second-order valence-electron chi connectivity index (χ2n) is 7.28. The number of piperazine rings is 1. The van der Waals surface area contributed by atoms with Gasteiger partial charge in [0.25, 0.3) is 0 Å². The van der Waals surface area contributed by atoms with Gasteiger partial charge in [0.2, 0.25) is 0 Å². The molecule has 0 aliphatic carbocycles. The SMILES string of the molecule is CN1CCN(c2ccc(CCCNC(=O)C(=O)Nc3ccc(F)cc3)cc2)CC1. The fourth-order valence-corrected chi connectivity index (χ4v) is 3.23. The number of nitrogens with zero attached hydrogens (tertiary/aromatic N) is 2. The van der Waals surface area contributed by atoms with Gasteiger partial charge in [0.15, 0.2) is 0 Å². The van der Waals surface area contributed by atoms with E-state index in [4.69, 9.17) is 0 Å². The van der Waals surface area contributed by atoms with E-state index in [1.54, 1.807) is 0 Å². The Morgan fingerprint density at radius 2 is 1.59 bits per heavy atom. The van der Waals surface area contributed by atoms with Crippen molar-refractivity contribution in [3.05, 3.63) is 59.9 Å². The predicted octanol–water partition coefficient (Wildman–Crippen LogP) is 2.26. The van der Waals surface area contributed by atoms with Crippen LogP contribution in [-0.4, -0.2) is 56.5 Å². The lowest BCUT2D eigenvalue weighted by Gasteiger charge is -2.34. The molecule has 6 nitrogen and oxygen atoms in total. The van der Waals surface area contributed by atoms with Crippen molar-refractivity contribution in [1.29, 1.82) is 0 Å². The minimum absolute atomic E-state index is 0.381. The van der Waals surface area contributed by atoms with E-state index in [2.05, 4.69) is 51.7 Å². The molecule has 2 aromatic carbocycles. The lowest BCUT2D eigenvalue weighted by molar-refractivity contribution is -0.136. The summed E-state index contributed by atoms with van der Waals surface area (Å²) in [5, 5.41) is 5.06. The molecule has 2 aromatic rings. The quantitative estimate of drug-likeness (QED) is 0.579. The molecule has 1 aliphatic rings. The average molecular weight is 398 g/mol. The highest BCUT2D eigenvalue weighted by Crippen LogP contribution is 2.17. The average Bonchev–Trinajstić information content (AvgIpc) is 2.74. The third-order valence-electron chi connectivity index (χ3n) is 5.04. The van der Waals surface area contributed by atoms with Crippen LogP contribution in [0.3, 0.4) is 0 Å². The van der Waals surface area contributed by atoms with E-state index in [1.165, 1.54) is 35.5 Å². The fraction of sp³-hybridized carbons (Fsp3) is 0.364. The number of hydrogen-bond donors (Lipinski definition) is 2. The van der Waals surface area contributed by atoms with Gasteiger partial charge in [-0.2, -0.15) is 0 Å². The number of hydrogen-bond acceptors (Lipinski definition) is 4. The largest absolute Gasteiger partial charge is 0.369 e. The lowest BCUT2D eigenvalue weighted by Crippen LogP contribution is -2.44. The molecule has 0 spiro atoms. The maximum atomic E-state index is 12.9. The molecule has 0 bridgehead atoms. The van der Waals surface area contributed by atoms with E-state index < -0.39 is 17.6 Å². The third-order valence-corrected chi connectivity index (χ3v) is 5.04. The van der Waals surface area contributed by atoms with E-state index >= 15 is 0 Å². The summed E-state index contributed by atoms with van der Waals surface area (Å²) < 4.78 is 12.9. The smallest absolute Gasteiger partial charge is 0.313 e. The van der Waals surface area contributed by atoms with Crippen LogP contribution in [0.1, 0.15) is 12.0 Å². The number of nitrogens with one attached hydrogen (secondary N) is 2. The predicted molar refractivity (Wildman–Crippen MR) is 113 cm³/mol. The Bertz CT molecular complexity index is 816. The molecule has 2 N–H and O–H groups in total. The first-order chi connectivity index (χ1) is 14.0. The monoisotopic (exact) mass is 398 g/mol. The minimum atomic E-state index is -0.756. The Labute approximate surface area is 170 Å². The Kier molecular flexibility index (Phi) is 7.19. The number of carbonyl (C=O) groups is 2. The van der Waals surface area contributed by atoms with Gasteiger partial charge in [-0.05, 0) is 61.9 Å². The topological polar surface area (TPSA) is 64.7 Å². The molecule has 3 rings (SSSR count). The van der Waals surface area contributed by atoms with Gasteiger partial charge in [0.1, 0.15) is 5.82 Å². The van der Waals surface area contributed by atoms with Crippen LogP contribution < -0.4 is 15.5 Å². The molecule has 154 valence electrons. The summed E-state index contributed by atoms with van der Waals surface area (Å²) in [6.45, 7) is 4.66. The Morgan fingerprint density at radius 1 is 0.931 bits per heavy atom. The third kappa shape index (κ3) is 6.29. The first-order valence-electron chi connectivity index (χ1n) is 9.88. The highest BCUT2D eigenvalue weighted by Gasteiger charge is 2.14. The first kappa shape index (κ1) is 20.8. The van der Waals surface area contributed by atoms with Gasteiger partial charge in [-0.3, -0.25) is 9.59 Å². The standard InChI is InChI=1S/C22H27FN4O2/c1-26-13-15-27(16-14-26)20-10-4-17(5-11-20)3-2-12-24-21(28)22(29)25-19-8-6-18(23)7-9-19/h4-11H,2-3,12-16H2,1H3,(H,24,28)(H,25,29). The number of likely N-dealkylation sites (N-methyl/N-ethyl adjacent to an activating group) is 1. The zero-order valence-corrected chi connectivity index (χ0v) is 16.7. The first-order valence-corrected chi connectivity index (χ1v) is 9.88. The molecular formula is C22H27FN4O2. The minimum Gasteiger partial charge on any atom is -0.369 e. The van der Waals surface area contributed by atoms with Gasteiger partial charge in [-0.1, -0.05) is 12.1 Å². The van der Waals surface area contributed by atoms with Crippen molar-refractivity contribution < 1.29 is 14.0 Å². The number of rotatable bonds is 6. The van der Waals surface area contributed by atoms with Crippen molar-refractivity contribution >= 4 is 23.2 Å². The summed E-state index contributed by atoms with van der Waals surface area (Å²) in [5.74, 6) is -1.85. The zero-order chi connectivity index (χ0) is 20.6. The van der Waals surface area contributed by atoms with Crippen LogP contribution >= 0.6 is 0 Å². The molecule has 29 heavy (non-hydrogen) atoms. The maximum absolute atomic E-state index is 12.9. The van der Waals surface area contributed by atoms with Crippen LogP contribution in [0, 0.1) is 5.82 Å². The Morgan fingerprint density at radius 3 is 2.24 bits per heavy atom. The van der Waals surface area contributed by atoms with Crippen molar-refractivity contribution in [2.24, 2.45) is 0 Å². The normalized spacial score (nSPS) is 14.5. The van der Waals surface area contributed by atoms with Gasteiger partial charge in [0.05, 0.1) is 0 Å². The molecule has 0 aromatic heterocycles. The summed E-state index contributed by atoms with van der Waals surface area (Å²) in [7, 11) is 2.14. The molecule has 1 saturated heterocycles. The van der Waals surface area contributed by atoms with E-state index in [9.17, 15) is 14.0 Å². The zero-order valence-electron chi connectivity index (χ0n) is 16.7. The van der Waals surface area contributed by atoms with Gasteiger partial charge >= 0.3 is 11.8 Å². The van der Waals surface area contributed by atoms with E-state index in [-0.39, 0.29) is 0 Å². The second kappa shape index (κ2) is 10.0. The highest BCUT2D eigenvalue weighted by atomic mass is 19.1. The molecule has 1 fully saturated rings. The van der Waals surface area contributed by atoms with Crippen molar-refractivity contribution in [2.75, 3.05) is 50.0 Å². The van der Waals surface area contributed by atoms with E-state index in [0.29, 0.717) is 12.2 Å². The summed E-state index contributed by atoms with van der Waals surface area (Å²) in [4.78, 5) is 28.4. The van der Waals surface area contributed by atoms with Crippen LogP contribution in [0.15, 0.2) is 48.5 Å². The van der Waals surface area contributed by atoms with Crippen molar-refractivity contribution in [3.8, 4) is 0 Å². The second-order valence-corrected chi connectivity index (χ2v) is 7.28. The number of halogens is 1. The van der Waals surface area contributed by atoms with Crippen LogP contribution in [0.5, 0.6) is 0 Å². The van der Waals surface area contributed by atoms with Gasteiger partial charge in [-0.25, -0.2) is 4.39 Å². The number of amides is 2. The summed E-state index contributed by atoms with van der Waals surface area (Å²) in [6.07, 6.45) is 1.56. The van der Waals surface area contributed by atoms with Crippen LogP contribution in [0.25, 0.3) is 0 Å². The van der Waals surface area contributed by atoms with Gasteiger partial charge in [-0.15, -0.1) is 0 Å². The van der Waals surface area contributed by atoms with Crippen LogP contribution in [-0.2, 0) is 16.0 Å². The van der Waals surface area contributed by atoms with Gasteiger partial charge < -0.3 is 20.4 Å². The summed E-state index contributed by atoms with van der Waals surface area (Å²) >= 11 is 0. The highest BCUT2D eigenvalue weighted by molar-refractivity contribution is 6.39. The summed E-state index contributed by atoms with van der Waals surface area (Å²) in [5.41, 5.74) is 2.83. The van der Waals surface area contributed by atoms with Crippen LogP contribution in [0.4, 0.5) is 15.8 Å². The molecule has 2 amide bonds.